The Hall–Kier alpha value is -2.48. The summed E-state index contributed by atoms with van der Waals surface area (Å²) < 4.78 is 28.6. The van der Waals surface area contributed by atoms with Crippen molar-refractivity contribution in [2.75, 3.05) is 0 Å². The molecule has 0 aliphatic rings. The first kappa shape index (κ1) is 18.3. The lowest BCUT2D eigenvalue weighted by atomic mass is 9.93. The molecular formula is C24H24F2. The number of unbranched alkanes of at least 4 members (excludes halogenated alkanes) is 3. The Bertz CT molecular complexity index is 853. The van der Waals surface area contributed by atoms with Crippen LogP contribution in [0.4, 0.5) is 8.78 Å². The fourth-order valence-corrected chi connectivity index (χ4v) is 3.32. The van der Waals surface area contributed by atoms with Crippen LogP contribution in [0, 0.1) is 11.6 Å². The van der Waals surface area contributed by atoms with Gasteiger partial charge in [-0.25, -0.2) is 8.78 Å². The molecular weight excluding hydrogens is 326 g/mol. The van der Waals surface area contributed by atoms with Crippen molar-refractivity contribution in [1.82, 2.24) is 0 Å². The Kier molecular flexibility index (Phi) is 6.17. The summed E-state index contributed by atoms with van der Waals surface area (Å²) in [4.78, 5) is 0. The zero-order chi connectivity index (χ0) is 18.4. The van der Waals surface area contributed by atoms with E-state index in [0.717, 1.165) is 47.9 Å². The molecule has 0 nitrogen and oxygen atoms in total. The fraction of sp³-hybridized carbons (Fsp3) is 0.250. The lowest BCUT2D eigenvalue weighted by molar-refractivity contribution is 0.619. The first-order valence-electron chi connectivity index (χ1n) is 9.33. The molecule has 0 atom stereocenters. The molecule has 0 fully saturated rings. The maximum absolute atomic E-state index is 14.9. The summed E-state index contributed by atoms with van der Waals surface area (Å²) in [6.45, 7) is 2.16. The highest BCUT2D eigenvalue weighted by atomic mass is 19.1. The second-order valence-electron chi connectivity index (χ2n) is 6.67. The quantitative estimate of drug-likeness (QED) is 0.389. The van der Waals surface area contributed by atoms with Gasteiger partial charge >= 0.3 is 0 Å². The number of hydrogen-bond donors (Lipinski definition) is 0. The van der Waals surface area contributed by atoms with Crippen molar-refractivity contribution >= 4 is 0 Å². The van der Waals surface area contributed by atoms with Crippen LogP contribution in [0.1, 0.15) is 38.2 Å². The van der Waals surface area contributed by atoms with Crippen LogP contribution in [0.3, 0.4) is 0 Å². The lowest BCUT2D eigenvalue weighted by Crippen LogP contribution is -1.95. The van der Waals surface area contributed by atoms with E-state index < -0.39 is 0 Å². The van der Waals surface area contributed by atoms with Crippen molar-refractivity contribution in [3.05, 3.63) is 83.9 Å². The van der Waals surface area contributed by atoms with Gasteiger partial charge in [-0.05, 0) is 53.3 Å². The minimum atomic E-state index is -0.271. The molecule has 0 aromatic heterocycles. The van der Waals surface area contributed by atoms with E-state index in [1.165, 1.54) is 12.5 Å². The van der Waals surface area contributed by atoms with Crippen LogP contribution in [-0.2, 0) is 6.42 Å². The topological polar surface area (TPSA) is 0 Å². The van der Waals surface area contributed by atoms with Crippen LogP contribution in [0.5, 0.6) is 0 Å². The molecule has 0 aliphatic heterocycles. The van der Waals surface area contributed by atoms with Gasteiger partial charge in [0, 0.05) is 5.56 Å². The summed E-state index contributed by atoms with van der Waals surface area (Å²) >= 11 is 0. The molecule has 0 unspecified atom stereocenters. The highest BCUT2D eigenvalue weighted by molar-refractivity contribution is 5.73. The summed E-state index contributed by atoms with van der Waals surface area (Å²) in [6.07, 6.45) is 5.21. The second kappa shape index (κ2) is 8.75. The average Bonchev–Trinajstić information content (AvgIpc) is 2.66. The van der Waals surface area contributed by atoms with Gasteiger partial charge in [-0.3, -0.25) is 0 Å². The number of rotatable bonds is 7. The maximum atomic E-state index is 14.9. The van der Waals surface area contributed by atoms with Crippen LogP contribution in [0.15, 0.2) is 66.7 Å². The standard InChI is InChI=1S/C24H24F2/c1-2-3-4-6-11-20-16-21(25)13-15-22(20)23-14-12-19(17-24(23)26)18-9-7-5-8-10-18/h5,7-10,12-17H,2-4,6,11H2,1H3. The van der Waals surface area contributed by atoms with Gasteiger partial charge in [-0.15, -0.1) is 0 Å². The maximum Gasteiger partial charge on any atom is 0.131 e. The van der Waals surface area contributed by atoms with Crippen molar-refractivity contribution in [2.45, 2.75) is 39.0 Å². The van der Waals surface area contributed by atoms with Gasteiger partial charge in [0.1, 0.15) is 11.6 Å². The molecule has 0 spiro atoms. The van der Waals surface area contributed by atoms with Gasteiger partial charge < -0.3 is 0 Å². The molecule has 3 aromatic rings. The molecule has 26 heavy (non-hydrogen) atoms. The third-order valence-corrected chi connectivity index (χ3v) is 4.73. The van der Waals surface area contributed by atoms with Gasteiger partial charge in [0.2, 0.25) is 0 Å². The molecule has 134 valence electrons. The van der Waals surface area contributed by atoms with Gasteiger partial charge in [-0.1, -0.05) is 74.7 Å². The molecule has 0 N–H and O–H groups in total. The van der Waals surface area contributed by atoms with Gasteiger partial charge in [0.15, 0.2) is 0 Å². The Balaban J connectivity index is 1.91. The zero-order valence-electron chi connectivity index (χ0n) is 15.1. The normalized spacial score (nSPS) is 10.9. The minimum Gasteiger partial charge on any atom is -0.207 e. The number of aryl methyl sites for hydroxylation is 1. The molecule has 0 amide bonds. The average molecular weight is 350 g/mol. The van der Waals surface area contributed by atoms with Gasteiger partial charge in [0.05, 0.1) is 0 Å². The van der Waals surface area contributed by atoms with E-state index in [4.69, 9.17) is 0 Å². The van der Waals surface area contributed by atoms with Crippen LogP contribution in [-0.4, -0.2) is 0 Å². The number of halogens is 2. The predicted octanol–water partition coefficient (Wildman–Crippen LogP) is 7.42. The molecule has 2 heteroatoms. The Morgan fingerprint density at radius 2 is 1.46 bits per heavy atom. The largest absolute Gasteiger partial charge is 0.207 e. The summed E-state index contributed by atoms with van der Waals surface area (Å²) in [5.74, 6) is -0.534. The second-order valence-corrected chi connectivity index (χ2v) is 6.67. The zero-order valence-corrected chi connectivity index (χ0v) is 15.1. The number of hydrogen-bond acceptors (Lipinski definition) is 0. The van der Waals surface area contributed by atoms with Crippen molar-refractivity contribution < 1.29 is 8.78 Å². The monoisotopic (exact) mass is 350 g/mol. The fourth-order valence-electron chi connectivity index (χ4n) is 3.32. The molecule has 0 saturated carbocycles. The molecule has 3 aromatic carbocycles. The summed E-state index contributed by atoms with van der Waals surface area (Å²) in [5.41, 5.74) is 4.04. The Morgan fingerprint density at radius 1 is 0.692 bits per heavy atom. The summed E-state index contributed by atoms with van der Waals surface area (Å²) in [7, 11) is 0. The first-order valence-corrected chi connectivity index (χ1v) is 9.33. The summed E-state index contributed by atoms with van der Waals surface area (Å²) in [5, 5.41) is 0. The highest BCUT2D eigenvalue weighted by Gasteiger charge is 2.12. The van der Waals surface area contributed by atoms with Crippen molar-refractivity contribution in [1.29, 1.82) is 0 Å². The molecule has 0 radical (unpaired) electrons. The van der Waals surface area contributed by atoms with Crippen LogP contribution < -0.4 is 0 Å². The predicted molar refractivity (Wildman–Crippen MR) is 105 cm³/mol. The van der Waals surface area contributed by atoms with Crippen molar-refractivity contribution in [2.24, 2.45) is 0 Å². The SMILES string of the molecule is CCCCCCc1cc(F)ccc1-c1ccc(-c2ccccc2)cc1F. The van der Waals surface area contributed by atoms with E-state index in [1.807, 2.05) is 36.4 Å². The van der Waals surface area contributed by atoms with Gasteiger partial charge in [-0.2, -0.15) is 0 Å². The van der Waals surface area contributed by atoms with Crippen LogP contribution in [0.25, 0.3) is 22.3 Å². The van der Waals surface area contributed by atoms with Gasteiger partial charge in [0.25, 0.3) is 0 Å². The third-order valence-electron chi connectivity index (χ3n) is 4.73. The van der Waals surface area contributed by atoms with Crippen molar-refractivity contribution in [3.8, 4) is 22.3 Å². The van der Waals surface area contributed by atoms with E-state index in [-0.39, 0.29) is 11.6 Å². The van der Waals surface area contributed by atoms with E-state index in [1.54, 1.807) is 24.3 Å². The smallest absolute Gasteiger partial charge is 0.131 e. The van der Waals surface area contributed by atoms with E-state index in [2.05, 4.69) is 6.92 Å². The third kappa shape index (κ3) is 4.37. The Labute approximate surface area is 154 Å². The van der Waals surface area contributed by atoms with E-state index in [0.29, 0.717) is 5.56 Å². The van der Waals surface area contributed by atoms with Crippen LogP contribution in [0.2, 0.25) is 0 Å². The van der Waals surface area contributed by atoms with E-state index in [9.17, 15) is 8.78 Å². The van der Waals surface area contributed by atoms with Crippen molar-refractivity contribution in [3.63, 3.8) is 0 Å². The Morgan fingerprint density at radius 3 is 2.19 bits per heavy atom. The highest BCUT2D eigenvalue weighted by Crippen LogP contribution is 2.31. The summed E-state index contributed by atoms with van der Waals surface area (Å²) in [6, 6.07) is 19.7. The number of benzene rings is 3. The minimum absolute atomic E-state index is 0.263. The molecule has 0 aliphatic carbocycles. The molecule has 0 heterocycles. The molecule has 0 bridgehead atoms. The molecule has 0 saturated heterocycles. The lowest BCUT2D eigenvalue weighted by Gasteiger charge is -2.12. The first-order chi connectivity index (χ1) is 12.7. The van der Waals surface area contributed by atoms with Crippen LogP contribution >= 0.6 is 0 Å². The molecule has 3 rings (SSSR count). The van der Waals surface area contributed by atoms with E-state index >= 15 is 0 Å².